The van der Waals surface area contributed by atoms with E-state index in [2.05, 4.69) is 6.07 Å². The molecule has 0 unspecified atom stereocenters. The topological polar surface area (TPSA) is 25.8 Å². The number of hydrogen-bond acceptors (Lipinski definition) is 2. The third-order valence-electron chi connectivity index (χ3n) is 9.83. The highest BCUT2D eigenvalue weighted by molar-refractivity contribution is 5.29. The van der Waals surface area contributed by atoms with Crippen molar-refractivity contribution >= 4 is 0 Å². The highest BCUT2D eigenvalue weighted by atomic mass is 14.9. The number of aromatic nitrogens is 2. The van der Waals surface area contributed by atoms with Crippen molar-refractivity contribution in [1.29, 1.82) is 0 Å². The molecular formula is C24H32N2. The summed E-state index contributed by atoms with van der Waals surface area (Å²) in [5, 5.41) is 0. The molecule has 8 saturated carbocycles. The van der Waals surface area contributed by atoms with E-state index in [0.29, 0.717) is 10.8 Å². The van der Waals surface area contributed by atoms with Crippen LogP contribution in [0.1, 0.15) is 88.4 Å². The SMILES string of the molecule is c1nc(C23CC4CC(CC(C4)C2)C3)cc(C23CC4CC(CC(C4)C2)C3)n1. The van der Waals surface area contributed by atoms with E-state index >= 15 is 0 Å². The fourth-order valence-corrected chi connectivity index (χ4v) is 9.79. The summed E-state index contributed by atoms with van der Waals surface area (Å²) in [6, 6.07) is 2.54. The fourth-order valence-electron chi connectivity index (χ4n) is 9.79. The monoisotopic (exact) mass is 348 g/mol. The van der Waals surface area contributed by atoms with Crippen molar-refractivity contribution in [2.75, 3.05) is 0 Å². The van der Waals surface area contributed by atoms with Crippen LogP contribution in [0.3, 0.4) is 0 Å². The molecule has 0 saturated heterocycles. The molecule has 0 atom stereocenters. The summed E-state index contributed by atoms with van der Waals surface area (Å²) >= 11 is 0. The van der Waals surface area contributed by atoms with Gasteiger partial charge in [0, 0.05) is 10.8 Å². The first-order chi connectivity index (χ1) is 12.7. The molecule has 0 spiro atoms. The minimum atomic E-state index is 0.425. The van der Waals surface area contributed by atoms with E-state index in [1.165, 1.54) is 88.4 Å². The standard InChI is InChI=1S/C24H32N2/c1-15-2-17-3-16(1)9-23(8-15,10-17)21-7-22(26-14-25-21)24-11-18-4-19(12-24)6-20(5-18)13-24/h7,14-20H,1-6,8-13H2. The maximum Gasteiger partial charge on any atom is 0.115 e. The predicted molar refractivity (Wildman–Crippen MR) is 102 cm³/mol. The summed E-state index contributed by atoms with van der Waals surface area (Å²) in [4.78, 5) is 9.89. The van der Waals surface area contributed by atoms with Gasteiger partial charge in [-0.05, 0) is 119 Å². The molecule has 0 aliphatic heterocycles. The van der Waals surface area contributed by atoms with Crippen molar-refractivity contribution < 1.29 is 0 Å². The molecule has 1 aromatic heterocycles. The zero-order chi connectivity index (χ0) is 16.9. The molecule has 8 aliphatic rings. The molecular weight excluding hydrogens is 316 g/mol. The largest absolute Gasteiger partial charge is 0.241 e. The van der Waals surface area contributed by atoms with Crippen LogP contribution < -0.4 is 0 Å². The van der Waals surface area contributed by atoms with Crippen molar-refractivity contribution in [3.05, 3.63) is 23.8 Å². The second-order valence-corrected chi connectivity index (χ2v) is 11.7. The van der Waals surface area contributed by atoms with E-state index in [-0.39, 0.29) is 0 Å². The first-order valence-corrected chi connectivity index (χ1v) is 11.5. The van der Waals surface area contributed by atoms with Crippen LogP contribution in [0.4, 0.5) is 0 Å². The van der Waals surface area contributed by atoms with Crippen LogP contribution in [0.15, 0.2) is 12.4 Å². The van der Waals surface area contributed by atoms with Crippen LogP contribution in [-0.4, -0.2) is 9.97 Å². The molecule has 138 valence electrons. The maximum atomic E-state index is 4.95. The van der Waals surface area contributed by atoms with Gasteiger partial charge in [-0.25, -0.2) is 9.97 Å². The van der Waals surface area contributed by atoms with Crippen LogP contribution in [0.2, 0.25) is 0 Å². The summed E-state index contributed by atoms with van der Waals surface area (Å²) < 4.78 is 0. The van der Waals surface area contributed by atoms with Crippen LogP contribution in [-0.2, 0) is 10.8 Å². The lowest BCUT2D eigenvalue weighted by molar-refractivity contribution is -0.0111. The van der Waals surface area contributed by atoms with Crippen LogP contribution in [0.25, 0.3) is 0 Å². The second kappa shape index (κ2) is 4.92. The first kappa shape index (κ1) is 15.1. The normalized spacial score (nSPS) is 53.4. The average molecular weight is 349 g/mol. The second-order valence-electron chi connectivity index (χ2n) is 11.7. The maximum absolute atomic E-state index is 4.95. The van der Waals surface area contributed by atoms with E-state index in [0.717, 1.165) is 35.5 Å². The van der Waals surface area contributed by atoms with Crippen molar-refractivity contribution in [3.8, 4) is 0 Å². The third kappa shape index (κ3) is 2.00. The van der Waals surface area contributed by atoms with E-state index in [4.69, 9.17) is 9.97 Å². The van der Waals surface area contributed by atoms with Gasteiger partial charge in [-0.2, -0.15) is 0 Å². The van der Waals surface area contributed by atoms with Gasteiger partial charge < -0.3 is 0 Å². The van der Waals surface area contributed by atoms with Crippen LogP contribution in [0, 0.1) is 35.5 Å². The Kier molecular flexibility index (Phi) is 2.85. The molecule has 1 heterocycles. The molecule has 26 heavy (non-hydrogen) atoms. The fraction of sp³-hybridized carbons (Fsp3) is 0.833. The quantitative estimate of drug-likeness (QED) is 0.714. The Bertz CT molecular complexity index is 621. The lowest BCUT2D eigenvalue weighted by Gasteiger charge is -2.57. The summed E-state index contributed by atoms with van der Waals surface area (Å²) in [5.74, 6) is 6.00. The van der Waals surface area contributed by atoms with Gasteiger partial charge in [0.25, 0.3) is 0 Å². The molecule has 8 aliphatic carbocycles. The molecule has 0 radical (unpaired) electrons. The molecule has 0 aromatic carbocycles. The lowest BCUT2D eigenvalue weighted by Crippen LogP contribution is -2.50. The predicted octanol–water partition coefficient (Wildman–Crippen LogP) is 5.41. The minimum absolute atomic E-state index is 0.425. The Hall–Kier alpha value is -0.920. The molecule has 8 bridgehead atoms. The summed E-state index contributed by atoms with van der Waals surface area (Å²) in [6.45, 7) is 0. The lowest BCUT2D eigenvalue weighted by atomic mass is 9.47. The third-order valence-corrected chi connectivity index (χ3v) is 9.83. The summed E-state index contributed by atoms with van der Waals surface area (Å²) in [7, 11) is 0. The molecule has 0 amide bonds. The molecule has 8 fully saturated rings. The van der Waals surface area contributed by atoms with Crippen LogP contribution >= 0.6 is 0 Å². The molecule has 1 aromatic rings. The Morgan fingerprint density at radius 3 is 1.15 bits per heavy atom. The summed E-state index contributed by atoms with van der Waals surface area (Å²) in [6.07, 6.45) is 19.6. The zero-order valence-electron chi connectivity index (χ0n) is 16.0. The molecule has 9 rings (SSSR count). The highest BCUT2D eigenvalue weighted by Gasteiger charge is 2.55. The number of hydrogen-bond donors (Lipinski definition) is 0. The van der Waals surface area contributed by atoms with Crippen molar-refractivity contribution in [2.45, 2.75) is 87.9 Å². The van der Waals surface area contributed by atoms with Gasteiger partial charge in [0.05, 0.1) is 11.4 Å². The Morgan fingerprint density at radius 1 is 0.538 bits per heavy atom. The molecule has 2 heteroatoms. The van der Waals surface area contributed by atoms with Gasteiger partial charge >= 0.3 is 0 Å². The Labute approximate surface area is 157 Å². The highest BCUT2D eigenvalue weighted by Crippen LogP contribution is 2.62. The minimum Gasteiger partial charge on any atom is -0.241 e. The average Bonchev–Trinajstić information content (AvgIpc) is 2.60. The van der Waals surface area contributed by atoms with Gasteiger partial charge in [0.1, 0.15) is 6.33 Å². The van der Waals surface area contributed by atoms with Gasteiger partial charge in [0.15, 0.2) is 0 Å². The Balaban J connectivity index is 1.28. The first-order valence-electron chi connectivity index (χ1n) is 11.5. The summed E-state index contributed by atoms with van der Waals surface area (Å²) in [5.41, 5.74) is 3.76. The van der Waals surface area contributed by atoms with E-state index in [1.807, 2.05) is 6.33 Å². The smallest absolute Gasteiger partial charge is 0.115 e. The molecule has 0 N–H and O–H groups in total. The van der Waals surface area contributed by atoms with Gasteiger partial charge in [-0.1, -0.05) is 0 Å². The van der Waals surface area contributed by atoms with E-state index < -0.39 is 0 Å². The van der Waals surface area contributed by atoms with Crippen LogP contribution in [0.5, 0.6) is 0 Å². The van der Waals surface area contributed by atoms with Gasteiger partial charge in [-0.15, -0.1) is 0 Å². The zero-order valence-corrected chi connectivity index (χ0v) is 16.0. The van der Waals surface area contributed by atoms with Crippen molar-refractivity contribution in [2.24, 2.45) is 35.5 Å². The van der Waals surface area contributed by atoms with E-state index in [9.17, 15) is 0 Å². The molecule has 2 nitrogen and oxygen atoms in total. The van der Waals surface area contributed by atoms with Crippen molar-refractivity contribution in [3.63, 3.8) is 0 Å². The van der Waals surface area contributed by atoms with Gasteiger partial charge in [-0.3, -0.25) is 0 Å². The Morgan fingerprint density at radius 2 is 0.846 bits per heavy atom. The number of rotatable bonds is 2. The van der Waals surface area contributed by atoms with E-state index in [1.54, 1.807) is 0 Å². The van der Waals surface area contributed by atoms with Crippen molar-refractivity contribution in [1.82, 2.24) is 9.97 Å². The van der Waals surface area contributed by atoms with Gasteiger partial charge in [0.2, 0.25) is 0 Å². The number of nitrogens with zero attached hydrogens (tertiary/aromatic N) is 2.